The van der Waals surface area contributed by atoms with Crippen molar-refractivity contribution < 1.29 is 4.79 Å². The van der Waals surface area contributed by atoms with Gasteiger partial charge in [-0.1, -0.05) is 0 Å². The number of piperazine rings is 1. The van der Waals surface area contributed by atoms with Gasteiger partial charge in [0.15, 0.2) is 0 Å². The maximum absolute atomic E-state index is 12.4. The van der Waals surface area contributed by atoms with Crippen molar-refractivity contribution in [1.82, 2.24) is 20.1 Å². The van der Waals surface area contributed by atoms with Crippen LogP contribution >= 0.6 is 24.2 Å². The van der Waals surface area contributed by atoms with Gasteiger partial charge in [-0.25, -0.2) is 0 Å². The van der Waals surface area contributed by atoms with Crippen LogP contribution in [0.15, 0.2) is 24.5 Å². The minimum absolute atomic E-state index is 0. The van der Waals surface area contributed by atoms with Crippen LogP contribution in [0.25, 0.3) is 0 Å². The number of rotatable bonds is 4. The van der Waals surface area contributed by atoms with Crippen LogP contribution in [0.3, 0.4) is 0 Å². The molecule has 0 aliphatic carbocycles. The van der Waals surface area contributed by atoms with E-state index in [1.54, 1.807) is 0 Å². The van der Waals surface area contributed by atoms with Crippen molar-refractivity contribution in [3.8, 4) is 0 Å². The number of carbonyl (C=O) groups excluding carboxylic acids is 1. The summed E-state index contributed by atoms with van der Waals surface area (Å²) in [5.74, 6) is 2.54. The van der Waals surface area contributed by atoms with Gasteiger partial charge in [0.25, 0.3) is 0 Å². The SMILES string of the molecule is Cl.O=C(CC1CSCCN1)N1CCN(Cc2ccncc2)CC1. The molecule has 0 radical (unpaired) electrons. The number of thioether (sulfide) groups is 1. The molecule has 3 rings (SSSR count). The summed E-state index contributed by atoms with van der Waals surface area (Å²) in [5.41, 5.74) is 1.29. The minimum atomic E-state index is 0. The molecule has 2 saturated heterocycles. The predicted octanol–water partition coefficient (Wildman–Crippen LogP) is 1.24. The lowest BCUT2D eigenvalue weighted by Gasteiger charge is -2.35. The second-order valence-electron chi connectivity index (χ2n) is 5.94. The topological polar surface area (TPSA) is 48.5 Å². The van der Waals surface area contributed by atoms with Crippen molar-refractivity contribution in [2.45, 2.75) is 19.0 Å². The third kappa shape index (κ3) is 5.64. The van der Waals surface area contributed by atoms with Crippen LogP contribution in [0.2, 0.25) is 0 Å². The Morgan fingerprint density at radius 3 is 2.65 bits per heavy atom. The van der Waals surface area contributed by atoms with Crippen LogP contribution in [0, 0.1) is 0 Å². The number of halogens is 1. The largest absolute Gasteiger partial charge is 0.340 e. The predicted molar refractivity (Wildman–Crippen MR) is 97.1 cm³/mol. The number of hydrogen-bond acceptors (Lipinski definition) is 5. The second kappa shape index (κ2) is 9.47. The van der Waals surface area contributed by atoms with Crippen molar-refractivity contribution in [1.29, 1.82) is 0 Å². The number of nitrogens with zero attached hydrogens (tertiary/aromatic N) is 3. The van der Waals surface area contributed by atoms with Crippen LogP contribution in [-0.2, 0) is 11.3 Å². The van der Waals surface area contributed by atoms with Crippen molar-refractivity contribution in [2.24, 2.45) is 0 Å². The molecule has 0 aromatic carbocycles. The summed E-state index contributed by atoms with van der Waals surface area (Å²) in [5, 5.41) is 3.45. The molecule has 2 aliphatic heterocycles. The fourth-order valence-electron chi connectivity index (χ4n) is 2.99. The fraction of sp³-hybridized carbons (Fsp3) is 0.625. The summed E-state index contributed by atoms with van der Waals surface area (Å²) in [4.78, 5) is 20.9. The molecule has 5 nitrogen and oxygen atoms in total. The quantitative estimate of drug-likeness (QED) is 0.879. The summed E-state index contributed by atoms with van der Waals surface area (Å²) in [6, 6.07) is 4.48. The lowest BCUT2D eigenvalue weighted by atomic mass is 10.2. The van der Waals surface area contributed by atoms with E-state index in [0.717, 1.165) is 45.0 Å². The molecule has 1 unspecified atom stereocenters. The zero-order valence-corrected chi connectivity index (χ0v) is 15.0. The van der Waals surface area contributed by atoms with Crippen molar-refractivity contribution in [3.05, 3.63) is 30.1 Å². The van der Waals surface area contributed by atoms with E-state index in [2.05, 4.69) is 27.3 Å². The molecule has 1 aromatic rings. The Morgan fingerprint density at radius 2 is 2.00 bits per heavy atom. The monoisotopic (exact) mass is 356 g/mol. The van der Waals surface area contributed by atoms with Gasteiger partial charge in [0.2, 0.25) is 5.91 Å². The molecule has 3 heterocycles. The highest BCUT2D eigenvalue weighted by molar-refractivity contribution is 7.99. The average molecular weight is 357 g/mol. The normalized spacial score (nSPS) is 22.4. The number of pyridine rings is 1. The highest BCUT2D eigenvalue weighted by Crippen LogP contribution is 2.13. The van der Waals surface area contributed by atoms with Crippen molar-refractivity contribution in [3.63, 3.8) is 0 Å². The molecule has 2 fully saturated rings. The molecule has 23 heavy (non-hydrogen) atoms. The molecule has 1 N–H and O–H groups in total. The molecular formula is C16H25ClN4OS. The number of hydrogen-bond donors (Lipinski definition) is 1. The maximum Gasteiger partial charge on any atom is 0.224 e. The smallest absolute Gasteiger partial charge is 0.224 e. The van der Waals surface area contributed by atoms with Crippen molar-refractivity contribution >= 4 is 30.1 Å². The number of amides is 1. The standard InChI is InChI=1S/C16H24N4OS.ClH/c21-16(11-15-13-22-10-5-18-15)20-8-6-19(7-9-20)12-14-1-3-17-4-2-14;/h1-4,15,18H,5-13H2;1H. The third-order valence-corrected chi connectivity index (χ3v) is 5.43. The second-order valence-corrected chi connectivity index (χ2v) is 7.09. The van der Waals surface area contributed by atoms with Gasteiger partial charge >= 0.3 is 0 Å². The first-order chi connectivity index (χ1) is 10.8. The lowest BCUT2D eigenvalue weighted by molar-refractivity contribution is -0.133. The third-order valence-electron chi connectivity index (χ3n) is 4.30. The molecular weight excluding hydrogens is 332 g/mol. The van der Waals surface area contributed by atoms with E-state index < -0.39 is 0 Å². The number of carbonyl (C=O) groups is 1. The summed E-state index contributed by atoms with van der Waals surface area (Å²) in [6.45, 7) is 5.60. The molecule has 7 heteroatoms. The zero-order chi connectivity index (χ0) is 15.2. The maximum atomic E-state index is 12.4. The van der Waals surface area contributed by atoms with E-state index in [-0.39, 0.29) is 12.4 Å². The highest BCUT2D eigenvalue weighted by Gasteiger charge is 2.24. The highest BCUT2D eigenvalue weighted by atomic mass is 35.5. The van der Waals surface area contributed by atoms with Gasteiger partial charge in [-0.15, -0.1) is 12.4 Å². The molecule has 0 spiro atoms. The number of nitrogens with one attached hydrogen (secondary N) is 1. The van der Waals surface area contributed by atoms with Crippen LogP contribution < -0.4 is 5.32 Å². The van der Waals surface area contributed by atoms with Gasteiger partial charge in [-0.05, 0) is 17.7 Å². The van der Waals surface area contributed by atoms with Crippen molar-refractivity contribution in [2.75, 3.05) is 44.2 Å². The van der Waals surface area contributed by atoms with Gasteiger partial charge in [0.1, 0.15) is 0 Å². The Hall–Kier alpha value is -0.820. The first-order valence-corrected chi connectivity index (χ1v) is 9.17. The van der Waals surface area contributed by atoms with Gasteiger partial charge in [0.05, 0.1) is 0 Å². The van der Waals surface area contributed by atoms with E-state index in [0.29, 0.717) is 18.4 Å². The first-order valence-electron chi connectivity index (χ1n) is 8.01. The summed E-state index contributed by atoms with van der Waals surface area (Å²) >= 11 is 1.95. The van der Waals surface area contributed by atoms with Gasteiger partial charge in [0, 0.05) is 75.6 Å². The lowest BCUT2D eigenvalue weighted by Crippen LogP contribution is -2.50. The van der Waals surface area contributed by atoms with E-state index in [4.69, 9.17) is 0 Å². The zero-order valence-electron chi connectivity index (χ0n) is 13.3. The van der Waals surface area contributed by atoms with E-state index >= 15 is 0 Å². The van der Waals surface area contributed by atoms with Crippen LogP contribution in [-0.4, -0.2) is 71.0 Å². The molecule has 2 aliphatic rings. The van der Waals surface area contributed by atoms with Crippen LogP contribution in [0.5, 0.6) is 0 Å². The molecule has 1 atom stereocenters. The summed E-state index contributed by atoms with van der Waals surface area (Å²) in [6.07, 6.45) is 4.33. The number of aromatic nitrogens is 1. The van der Waals surface area contributed by atoms with E-state index in [1.165, 1.54) is 11.3 Å². The Balaban J connectivity index is 0.00000192. The Morgan fingerprint density at radius 1 is 1.26 bits per heavy atom. The molecule has 128 valence electrons. The molecule has 0 saturated carbocycles. The average Bonchev–Trinajstić information content (AvgIpc) is 2.57. The van der Waals surface area contributed by atoms with E-state index in [9.17, 15) is 4.79 Å². The summed E-state index contributed by atoms with van der Waals surface area (Å²) in [7, 11) is 0. The van der Waals surface area contributed by atoms with Crippen LogP contribution in [0.4, 0.5) is 0 Å². The summed E-state index contributed by atoms with van der Waals surface area (Å²) < 4.78 is 0. The van der Waals surface area contributed by atoms with Gasteiger partial charge in [-0.2, -0.15) is 11.8 Å². The Labute approximate surface area is 148 Å². The van der Waals surface area contributed by atoms with Gasteiger partial charge < -0.3 is 10.2 Å². The first kappa shape index (κ1) is 18.5. The Kier molecular flexibility index (Phi) is 7.62. The van der Waals surface area contributed by atoms with Gasteiger partial charge in [-0.3, -0.25) is 14.7 Å². The molecule has 0 bridgehead atoms. The van der Waals surface area contributed by atoms with Crippen LogP contribution in [0.1, 0.15) is 12.0 Å². The minimum Gasteiger partial charge on any atom is -0.340 e. The fourth-order valence-corrected chi connectivity index (χ4v) is 3.94. The Bertz CT molecular complexity index is 476. The van der Waals surface area contributed by atoms with E-state index in [1.807, 2.05) is 29.1 Å². The molecule has 1 aromatic heterocycles. The molecule has 1 amide bonds.